The van der Waals surface area contributed by atoms with Crippen molar-refractivity contribution >= 4 is 16.9 Å². The molecule has 0 saturated carbocycles. The van der Waals surface area contributed by atoms with E-state index >= 15 is 0 Å². The minimum atomic E-state index is -0.925. The van der Waals surface area contributed by atoms with Crippen molar-refractivity contribution in [1.29, 1.82) is 0 Å². The normalized spacial score (nSPS) is 12.3. The number of hydrogen-bond acceptors (Lipinski definition) is 3. The first-order chi connectivity index (χ1) is 17.8. The van der Waals surface area contributed by atoms with Crippen molar-refractivity contribution in [1.82, 2.24) is 4.57 Å². The summed E-state index contributed by atoms with van der Waals surface area (Å²) in [7, 11) is 0. The van der Waals surface area contributed by atoms with E-state index in [4.69, 9.17) is 4.74 Å². The number of esters is 1. The molecule has 4 nitrogen and oxygen atoms in total. The van der Waals surface area contributed by atoms with Crippen LogP contribution >= 0.6 is 0 Å². The predicted octanol–water partition coefficient (Wildman–Crippen LogP) is 6.71. The fraction of sp³-hybridized carbons (Fsp3) is 0.323. The topological polar surface area (TPSA) is 51.5 Å². The highest BCUT2D eigenvalue weighted by Gasteiger charge is 2.18. The average molecular weight is 506 g/mol. The van der Waals surface area contributed by atoms with Crippen LogP contribution in [-0.4, -0.2) is 28.4 Å². The molecule has 0 spiro atoms. The lowest BCUT2D eigenvalue weighted by molar-refractivity contribution is 0.0259. The molecule has 1 N–H and O–H groups in total. The van der Waals surface area contributed by atoms with Crippen LogP contribution in [0.15, 0.2) is 72.9 Å². The van der Waals surface area contributed by atoms with Gasteiger partial charge in [-0.05, 0) is 60.2 Å². The second kappa shape index (κ2) is 12.2. The van der Waals surface area contributed by atoms with Crippen molar-refractivity contribution < 1.29 is 23.4 Å². The number of halogens is 2. The fourth-order valence-electron chi connectivity index (χ4n) is 4.59. The molecule has 0 aliphatic carbocycles. The molecule has 1 unspecified atom stereocenters. The van der Waals surface area contributed by atoms with Crippen LogP contribution in [0.5, 0.6) is 0 Å². The SMILES string of the molecule is CC(C)CCCc1cc(F)c(Cn2cc(CC(O)COC(=O)c3ccccc3)c3ccccc32)c(F)c1. The smallest absolute Gasteiger partial charge is 0.338 e. The van der Waals surface area contributed by atoms with Gasteiger partial charge in [0.05, 0.1) is 18.2 Å². The van der Waals surface area contributed by atoms with E-state index in [1.54, 1.807) is 28.8 Å². The number of rotatable bonds is 11. The van der Waals surface area contributed by atoms with E-state index in [2.05, 4.69) is 13.8 Å². The Morgan fingerprint density at radius 1 is 1.00 bits per heavy atom. The molecular formula is C31H33F2NO3. The Labute approximate surface area is 216 Å². The molecule has 0 fully saturated rings. The fourth-order valence-corrected chi connectivity index (χ4v) is 4.59. The van der Waals surface area contributed by atoms with Crippen LogP contribution in [0.2, 0.25) is 0 Å². The lowest BCUT2D eigenvalue weighted by Gasteiger charge is -2.11. The molecule has 1 aromatic heterocycles. The van der Waals surface area contributed by atoms with Gasteiger partial charge in [0.15, 0.2) is 0 Å². The van der Waals surface area contributed by atoms with E-state index in [0.29, 0.717) is 23.5 Å². The molecule has 1 atom stereocenters. The Balaban J connectivity index is 1.47. The quantitative estimate of drug-likeness (QED) is 0.231. The van der Waals surface area contributed by atoms with Gasteiger partial charge in [0, 0.05) is 29.1 Å². The molecule has 0 saturated heterocycles. The van der Waals surface area contributed by atoms with E-state index in [1.165, 1.54) is 12.1 Å². The standard InChI is InChI=1S/C31H33F2NO3/c1-21(2)9-8-10-22-15-28(32)27(29(33)16-22)19-34-18-24(26-13-6-7-14-30(26)34)17-25(35)20-37-31(36)23-11-4-3-5-12-23/h3-7,11-16,18,21,25,35H,8-10,17,19-20H2,1-2H3. The average Bonchev–Trinajstić information content (AvgIpc) is 3.22. The third-order valence-electron chi connectivity index (χ3n) is 6.52. The number of aromatic nitrogens is 1. The van der Waals surface area contributed by atoms with Gasteiger partial charge in [-0.3, -0.25) is 0 Å². The van der Waals surface area contributed by atoms with Gasteiger partial charge in [-0.15, -0.1) is 0 Å². The summed E-state index contributed by atoms with van der Waals surface area (Å²) >= 11 is 0. The maximum atomic E-state index is 15.0. The zero-order valence-corrected chi connectivity index (χ0v) is 21.3. The lowest BCUT2D eigenvalue weighted by atomic mass is 10.0. The second-order valence-electron chi connectivity index (χ2n) is 9.95. The zero-order valence-electron chi connectivity index (χ0n) is 21.3. The van der Waals surface area contributed by atoms with E-state index < -0.39 is 23.7 Å². The van der Waals surface area contributed by atoms with E-state index in [1.807, 2.05) is 36.5 Å². The summed E-state index contributed by atoms with van der Waals surface area (Å²) < 4.78 is 37.0. The Kier molecular flexibility index (Phi) is 8.72. The highest BCUT2D eigenvalue weighted by atomic mass is 19.1. The lowest BCUT2D eigenvalue weighted by Crippen LogP contribution is -2.21. The Bertz CT molecular complexity index is 1320. The Morgan fingerprint density at radius 2 is 1.68 bits per heavy atom. The predicted molar refractivity (Wildman–Crippen MR) is 142 cm³/mol. The molecule has 4 rings (SSSR count). The molecule has 4 aromatic rings. The first kappa shape index (κ1) is 26.6. The van der Waals surface area contributed by atoms with Gasteiger partial charge in [-0.2, -0.15) is 0 Å². The number of carbonyl (C=O) groups excluding carboxylic acids is 1. The zero-order chi connectivity index (χ0) is 26.4. The summed E-state index contributed by atoms with van der Waals surface area (Å²) in [6, 6.07) is 19.0. The van der Waals surface area contributed by atoms with Crippen LogP contribution in [0.25, 0.3) is 10.9 Å². The van der Waals surface area contributed by atoms with E-state index in [0.717, 1.165) is 29.3 Å². The molecule has 6 heteroatoms. The number of ether oxygens (including phenoxy) is 1. The first-order valence-corrected chi connectivity index (χ1v) is 12.8. The van der Waals surface area contributed by atoms with Crippen molar-refractivity contribution in [2.24, 2.45) is 5.92 Å². The number of aliphatic hydroxyl groups excluding tert-OH is 1. The highest BCUT2D eigenvalue weighted by molar-refractivity contribution is 5.89. The van der Waals surface area contributed by atoms with E-state index in [9.17, 15) is 18.7 Å². The van der Waals surface area contributed by atoms with Gasteiger partial charge in [-0.1, -0.05) is 56.7 Å². The van der Waals surface area contributed by atoms with Gasteiger partial charge in [-0.25, -0.2) is 13.6 Å². The van der Waals surface area contributed by atoms with Gasteiger partial charge >= 0.3 is 5.97 Å². The molecule has 0 aliphatic heterocycles. The van der Waals surface area contributed by atoms with Crippen molar-refractivity contribution in [3.05, 3.63) is 107 Å². The number of carbonyl (C=O) groups is 1. The number of benzene rings is 3. The summed E-state index contributed by atoms with van der Waals surface area (Å²) in [5.41, 5.74) is 2.72. The Hall–Kier alpha value is -3.51. The van der Waals surface area contributed by atoms with Gasteiger partial charge in [0.25, 0.3) is 0 Å². The van der Waals surface area contributed by atoms with Crippen LogP contribution in [0.3, 0.4) is 0 Å². The summed E-state index contributed by atoms with van der Waals surface area (Å²) in [4.78, 5) is 12.2. The monoisotopic (exact) mass is 505 g/mol. The molecule has 0 radical (unpaired) electrons. The van der Waals surface area contributed by atoms with Crippen molar-refractivity contribution in [3.8, 4) is 0 Å². The summed E-state index contributed by atoms with van der Waals surface area (Å²) in [5, 5.41) is 11.5. The number of aryl methyl sites for hydroxylation is 1. The summed E-state index contributed by atoms with van der Waals surface area (Å²) in [6.45, 7) is 4.14. The van der Waals surface area contributed by atoms with Gasteiger partial charge in [0.2, 0.25) is 0 Å². The molecule has 1 heterocycles. The molecule has 3 aromatic carbocycles. The van der Waals surface area contributed by atoms with E-state index in [-0.39, 0.29) is 25.1 Å². The summed E-state index contributed by atoms with van der Waals surface area (Å²) in [6.07, 6.45) is 3.67. The molecule has 0 amide bonds. The Morgan fingerprint density at radius 3 is 2.38 bits per heavy atom. The number of hydrogen-bond donors (Lipinski definition) is 1. The maximum absolute atomic E-state index is 15.0. The third kappa shape index (κ3) is 6.83. The number of nitrogens with zero attached hydrogens (tertiary/aromatic N) is 1. The van der Waals surface area contributed by atoms with Crippen LogP contribution in [0.1, 0.15) is 53.7 Å². The van der Waals surface area contributed by atoms with Crippen LogP contribution in [0.4, 0.5) is 8.78 Å². The molecule has 37 heavy (non-hydrogen) atoms. The number of para-hydroxylation sites is 1. The summed E-state index contributed by atoms with van der Waals surface area (Å²) in [5.74, 6) is -1.04. The molecular weight excluding hydrogens is 472 g/mol. The van der Waals surface area contributed by atoms with Gasteiger partial charge < -0.3 is 14.4 Å². The third-order valence-corrected chi connectivity index (χ3v) is 6.52. The van der Waals surface area contributed by atoms with Crippen molar-refractivity contribution in [2.75, 3.05) is 6.61 Å². The molecule has 0 aliphatic rings. The number of aliphatic hydroxyl groups is 1. The largest absolute Gasteiger partial charge is 0.459 e. The van der Waals surface area contributed by atoms with Crippen LogP contribution in [-0.2, 0) is 24.1 Å². The number of fused-ring (bicyclic) bond motifs is 1. The first-order valence-electron chi connectivity index (χ1n) is 12.8. The highest BCUT2D eigenvalue weighted by Crippen LogP contribution is 2.26. The van der Waals surface area contributed by atoms with Crippen molar-refractivity contribution in [3.63, 3.8) is 0 Å². The van der Waals surface area contributed by atoms with Crippen molar-refractivity contribution in [2.45, 2.75) is 52.2 Å². The molecule has 194 valence electrons. The van der Waals surface area contributed by atoms with Gasteiger partial charge in [0.1, 0.15) is 18.2 Å². The maximum Gasteiger partial charge on any atom is 0.338 e. The van der Waals surface area contributed by atoms with Crippen LogP contribution < -0.4 is 0 Å². The van der Waals surface area contributed by atoms with Crippen LogP contribution in [0, 0.1) is 17.6 Å². The second-order valence-corrected chi connectivity index (χ2v) is 9.95. The molecule has 0 bridgehead atoms. The minimum Gasteiger partial charge on any atom is -0.459 e. The minimum absolute atomic E-state index is 0.0113.